The fourth-order valence-electron chi connectivity index (χ4n) is 1.65. The summed E-state index contributed by atoms with van der Waals surface area (Å²) in [6.45, 7) is 1.53. The summed E-state index contributed by atoms with van der Waals surface area (Å²) in [5, 5.41) is 13.2. The van der Waals surface area contributed by atoms with Gasteiger partial charge >= 0.3 is 5.97 Å². The smallest absolute Gasteiger partial charge is 0.350 e. The normalized spacial score (nSPS) is 13.8. The Hall–Kier alpha value is -1.82. The van der Waals surface area contributed by atoms with Crippen molar-refractivity contribution in [3.8, 4) is 0 Å². The Kier molecular flexibility index (Phi) is 3.90. The van der Waals surface area contributed by atoms with Gasteiger partial charge in [-0.15, -0.1) is 9.94 Å². The Bertz CT molecular complexity index is 554. The second-order valence-electron chi connectivity index (χ2n) is 4.34. The van der Waals surface area contributed by atoms with Crippen LogP contribution >= 0.6 is 15.9 Å². The summed E-state index contributed by atoms with van der Waals surface area (Å²) < 4.78 is 0.946. The van der Waals surface area contributed by atoms with Crippen LogP contribution in [0.3, 0.4) is 0 Å². The molecule has 1 aromatic carbocycles. The highest BCUT2D eigenvalue weighted by Crippen LogP contribution is 2.18. The lowest BCUT2D eigenvalue weighted by molar-refractivity contribution is -0.166. The molecule has 0 aliphatic rings. The van der Waals surface area contributed by atoms with E-state index in [1.54, 1.807) is 12.3 Å². The average molecular weight is 325 g/mol. The first-order valence-corrected chi connectivity index (χ1v) is 6.46. The molecule has 0 radical (unpaired) electrons. The SMILES string of the molecule is CC(Cc1ccc(Br)cc1)(On1cccn1)C(=O)O. The van der Waals surface area contributed by atoms with E-state index in [0.29, 0.717) is 0 Å². The number of hydrogen-bond donors (Lipinski definition) is 1. The van der Waals surface area contributed by atoms with Gasteiger partial charge in [-0.2, -0.15) is 0 Å². The molecule has 0 saturated heterocycles. The maximum Gasteiger partial charge on any atom is 0.350 e. The molecule has 1 heterocycles. The van der Waals surface area contributed by atoms with Gasteiger partial charge in [-0.3, -0.25) is 0 Å². The van der Waals surface area contributed by atoms with Crippen LogP contribution in [0.4, 0.5) is 0 Å². The Morgan fingerprint density at radius 3 is 2.68 bits per heavy atom. The summed E-state index contributed by atoms with van der Waals surface area (Å²) in [4.78, 5) is 18.0. The minimum Gasteiger partial charge on any atom is -0.478 e. The predicted molar refractivity (Wildman–Crippen MR) is 72.7 cm³/mol. The molecule has 100 valence electrons. The van der Waals surface area contributed by atoms with Crippen molar-refractivity contribution in [2.24, 2.45) is 0 Å². The molecule has 2 rings (SSSR count). The molecule has 1 unspecified atom stereocenters. The summed E-state index contributed by atoms with van der Waals surface area (Å²) in [6.07, 6.45) is 3.33. The first-order chi connectivity index (χ1) is 8.99. The molecule has 5 nitrogen and oxygen atoms in total. The van der Waals surface area contributed by atoms with Gasteiger partial charge in [-0.05, 0) is 30.7 Å². The Morgan fingerprint density at radius 2 is 2.16 bits per heavy atom. The number of rotatable bonds is 5. The number of benzene rings is 1. The third-order valence-corrected chi connectivity index (χ3v) is 3.21. The zero-order valence-electron chi connectivity index (χ0n) is 10.3. The van der Waals surface area contributed by atoms with E-state index in [1.165, 1.54) is 13.1 Å². The monoisotopic (exact) mass is 324 g/mol. The van der Waals surface area contributed by atoms with Crippen LogP contribution in [0.5, 0.6) is 0 Å². The molecule has 6 heteroatoms. The van der Waals surface area contributed by atoms with E-state index in [9.17, 15) is 9.90 Å². The van der Waals surface area contributed by atoms with Gasteiger partial charge in [-0.25, -0.2) is 4.79 Å². The van der Waals surface area contributed by atoms with Crippen LogP contribution in [0.15, 0.2) is 47.2 Å². The largest absolute Gasteiger partial charge is 0.478 e. The van der Waals surface area contributed by atoms with Crippen LogP contribution in [-0.2, 0) is 11.2 Å². The van der Waals surface area contributed by atoms with E-state index in [1.807, 2.05) is 24.3 Å². The van der Waals surface area contributed by atoms with Crippen LogP contribution in [0.25, 0.3) is 0 Å². The van der Waals surface area contributed by atoms with Crippen LogP contribution in [0.2, 0.25) is 0 Å². The predicted octanol–water partition coefficient (Wildman–Crippen LogP) is 2.16. The van der Waals surface area contributed by atoms with Crippen LogP contribution in [-0.4, -0.2) is 26.6 Å². The molecule has 0 bridgehead atoms. The Balaban J connectivity index is 2.19. The number of halogens is 1. The number of carboxylic acids is 1. The minimum atomic E-state index is -1.38. The third kappa shape index (κ3) is 3.35. The van der Waals surface area contributed by atoms with Crippen molar-refractivity contribution in [2.75, 3.05) is 0 Å². The molecule has 0 aliphatic carbocycles. The highest BCUT2D eigenvalue weighted by Gasteiger charge is 2.37. The molecule has 0 aliphatic heterocycles. The van der Waals surface area contributed by atoms with Crippen molar-refractivity contribution >= 4 is 21.9 Å². The fraction of sp³-hybridized carbons (Fsp3) is 0.231. The molecule has 0 saturated carbocycles. The number of aliphatic carboxylic acids is 1. The lowest BCUT2D eigenvalue weighted by Gasteiger charge is -2.25. The lowest BCUT2D eigenvalue weighted by atomic mass is 9.97. The molecular formula is C13H13BrN2O3. The number of carbonyl (C=O) groups is 1. The second kappa shape index (κ2) is 5.44. The first kappa shape index (κ1) is 13.6. The molecule has 1 aromatic heterocycles. The zero-order chi connectivity index (χ0) is 13.9. The van der Waals surface area contributed by atoms with Crippen molar-refractivity contribution in [3.05, 3.63) is 52.8 Å². The molecular weight excluding hydrogens is 312 g/mol. The van der Waals surface area contributed by atoms with E-state index >= 15 is 0 Å². The Morgan fingerprint density at radius 1 is 1.47 bits per heavy atom. The van der Waals surface area contributed by atoms with Gasteiger partial charge in [0.1, 0.15) is 0 Å². The number of nitrogens with zero attached hydrogens (tertiary/aromatic N) is 2. The molecule has 0 spiro atoms. The summed E-state index contributed by atoms with van der Waals surface area (Å²) in [5.74, 6) is -1.04. The Labute approximate surface area is 118 Å². The van der Waals surface area contributed by atoms with Crippen molar-refractivity contribution in [3.63, 3.8) is 0 Å². The van der Waals surface area contributed by atoms with Crippen molar-refractivity contribution < 1.29 is 14.7 Å². The average Bonchev–Trinajstić information content (AvgIpc) is 2.84. The van der Waals surface area contributed by atoms with Gasteiger partial charge in [-0.1, -0.05) is 28.1 Å². The van der Waals surface area contributed by atoms with Crippen molar-refractivity contribution in [1.29, 1.82) is 0 Å². The summed E-state index contributed by atoms with van der Waals surface area (Å²) in [6, 6.07) is 9.12. The molecule has 19 heavy (non-hydrogen) atoms. The van der Waals surface area contributed by atoms with Gasteiger partial charge < -0.3 is 9.94 Å². The van der Waals surface area contributed by atoms with E-state index in [4.69, 9.17) is 4.84 Å². The van der Waals surface area contributed by atoms with E-state index in [0.717, 1.165) is 14.9 Å². The molecule has 1 atom stereocenters. The zero-order valence-corrected chi connectivity index (χ0v) is 11.9. The number of hydrogen-bond acceptors (Lipinski definition) is 3. The summed E-state index contributed by atoms with van der Waals surface area (Å²) in [7, 11) is 0. The molecule has 1 N–H and O–H groups in total. The fourth-order valence-corrected chi connectivity index (χ4v) is 1.92. The molecule has 0 amide bonds. The third-order valence-electron chi connectivity index (χ3n) is 2.68. The van der Waals surface area contributed by atoms with Crippen molar-refractivity contribution in [1.82, 2.24) is 9.94 Å². The van der Waals surface area contributed by atoms with Crippen molar-refractivity contribution in [2.45, 2.75) is 18.9 Å². The van der Waals surface area contributed by atoms with Gasteiger partial charge in [0.2, 0.25) is 5.60 Å². The standard InChI is InChI=1S/C13H13BrN2O3/c1-13(12(17)18,19-16-8-2-7-15-16)9-10-3-5-11(14)6-4-10/h2-8H,9H2,1H3,(H,17,18). The van der Waals surface area contributed by atoms with Gasteiger partial charge in [0, 0.05) is 10.9 Å². The minimum absolute atomic E-state index is 0.246. The second-order valence-corrected chi connectivity index (χ2v) is 5.25. The van der Waals surface area contributed by atoms with Crippen LogP contribution < -0.4 is 4.84 Å². The van der Waals surface area contributed by atoms with Crippen LogP contribution in [0.1, 0.15) is 12.5 Å². The highest BCUT2D eigenvalue weighted by molar-refractivity contribution is 9.10. The number of carboxylic acid groups (broad SMARTS) is 1. The lowest BCUT2D eigenvalue weighted by Crippen LogP contribution is -2.47. The maximum atomic E-state index is 11.4. The van der Waals surface area contributed by atoms with Gasteiger partial charge in [0.15, 0.2) is 0 Å². The quantitative estimate of drug-likeness (QED) is 0.915. The van der Waals surface area contributed by atoms with Gasteiger partial charge in [0.05, 0.1) is 12.4 Å². The van der Waals surface area contributed by atoms with E-state index < -0.39 is 11.6 Å². The van der Waals surface area contributed by atoms with E-state index in [2.05, 4.69) is 21.0 Å². The topological polar surface area (TPSA) is 64.4 Å². The first-order valence-electron chi connectivity index (χ1n) is 5.66. The summed E-state index contributed by atoms with van der Waals surface area (Å²) in [5.41, 5.74) is -0.500. The van der Waals surface area contributed by atoms with E-state index in [-0.39, 0.29) is 6.42 Å². The summed E-state index contributed by atoms with van der Waals surface area (Å²) >= 11 is 3.34. The molecule has 2 aromatic rings. The molecule has 0 fully saturated rings. The highest BCUT2D eigenvalue weighted by atomic mass is 79.9. The number of aromatic nitrogens is 2. The van der Waals surface area contributed by atoms with Crippen LogP contribution in [0, 0.1) is 0 Å². The van der Waals surface area contributed by atoms with Gasteiger partial charge in [0.25, 0.3) is 0 Å². The maximum absolute atomic E-state index is 11.4.